The van der Waals surface area contributed by atoms with Gasteiger partial charge in [-0.25, -0.2) is 0 Å². The Kier molecular flexibility index (Phi) is 5.62. The Labute approximate surface area is 127 Å². The number of hydrogen-bond acceptors (Lipinski definition) is 3. The number of nitrogens with one attached hydrogen (secondary N) is 2. The van der Waals surface area contributed by atoms with Crippen molar-refractivity contribution in [3.8, 4) is 0 Å². The molecule has 1 saturated carbocycles. The second-order valence-electron chi connectivity index (χ2n) is 6.08. The Balaban J connectivity index is 2.08. The van der Waals surface area contributed by atoms with Crippen LogP contribution in [0.5, 0.6) is 0 Å². The Morgan fingerprint density at radius 2 is 2.05 bits per heavy atom. The quantitative estimate of drug-likeness (QED) is 0.575. The van der Waals surface area contributed by atoms with Crippen LogP contribution in [0.3, 0.4) is 0 Å². The third-order valence-corrected chi connectivity index (χ3v) is 4.55. The van der Waals surface area contributed by atoms with Gasteiger partial charge in [-0.2, -0.15) is 0 Å². The van der Waals surface area contributed by atoms with Crippen LogP contribution in [0.25, 0.3) is 0 Å². The predicted octanol–water partition coefficient (Wildman–Crippen LogP) is 3.37. The molecule has 4 N–H and O–H groups in total. The largest absolute Gasteiger partial charge is 0.349 e. The average molecular weight is 289 g/mol. The van der Waals surface area contributed by atoms with Gasteiger partial charge in [-0.15, -0.1) is 0 Å². The second kappa shape index (κ2) is 7.46. The maximum Gasteiger partial charge on any atom is 0.253 e. The van der Waals surface area contributed by atoms with E-state index in [0.717, 1.165) is 12.0 Å². The number of carbonyl (C=O) groups excluding carboxylic acids is 1. The van der Waals surface area contributed by atoms with Gasteiger partial charge in [0.1, 0.15) is 0 Å². The summed E-state index contributed by atoms with van der Waals surface area (Å²) in [5, 5.41) is 3.21. The number of nitrogen functional groups attached to an aromatic ring is 1. The highest BCUT2D eigenvalue weighted by atomic mass is 16.1. The zero-order valence-corrected chi connectivity index (χ0v) is 13.1. The minimum atomic E-state index is -0.0274. The zero-order valence-electron chi connectivity index (χ0n) is 13.1. The van der Waals surface area contributed by atoms with E-state index in [1.807, 2.05) is 25.1 Å². The highest BCUT2D eigenvalue weighted by molar-refractivity contribution is 5.99. The lowest BCUT2D eigenvalue weighted by molar-refractivity contribution is 0.0912. The summed E-state index contributed by atoms with van der Waals surface area (Å²) in [7, 11) is 0. The van der Waals surface area contributed by atoms with Gasteiger partial charge in [0, 0.05) is 6.04 Å². The van der Waals surface area contributed by atoms with Crippen molar-refractivity contribution in [2.24, 2.45) is 11.8 Å². The Hall–Kier alpha value is -1.55. The van der Waals surface area contributed by atoms with Crippen molar-refractivity contribution in [2.75, 3.05) is 5.43 Å². The normalized spacial score (nSPS) is 17.3. The lowest BCUT2D eigenvalue weighted by Crippen LogP contribution is -2.41. The van der Waals surface area contributed by atoms with Gasteiger partial charge in [-0.1, -0.05) is 32.3 Å². The summed E-state index contributed by atoms with van der Waals surface area (Å²) in [6.45, 7) is 4.14. The summed E-state index contributed by atoms with van der Waals surface area (Å²) < 4.78 is 0. The van der Waals surface area contributed by atoms with Crippen molar-refractivity contribution in [1.29, 1.82) is 0 Å². The molecule has 0 bridgehead atoms. The highest BCUT2D eigenvalue weighted by Gasteiger charge is 2.24. The smallest absolute Gasteiger partial charge is 0.253 e. The van der Waals surface area contributed by atoms with Gasteiger partial charge in [0.2, 0.25) is 0 Å². The molecule has 4 nitrogen and oxygen atoms in total. The SMILES string of the molecule is CCC(NC(=O)c1ccc(C)cc1NN)C1CCCCC1. The van der Waals surface area contributed by atoms with Crippen molar-refractivity contribution in [3.05, 3.63) is 29.3 Å². The molecular weight excluding hydrogens is 262 g/mol. The summed E-state index contributed by atoms with van der Waals surface area (Å²) in [4.78, 5) is 12.5. The number of benzene rings is 1. The topological polar surface area (TPSA) is 67.2 Å². The molecule has 1 aromatic carbocycles. The molecule has 1 aliphatic carbocycles. The van der Waals surface area contributed by atoms with Crippen LogP contribution < -0.4 is 16.6 Å². The first kappa shape index (κ1) is 15.8. The molecule has 116 valence electrons. The number of nitrogens with two attached hydrogens (primary N) is 1. The van der Waals surface area contributed by atoms with Crippen LogP contribution in [0.4, 0.5) is 5.69 Å². The van der Waals surface area contributed by atoms with Crippen molar-refractivity contribution >= 4 is 11.6 Å². The van der Waals surface area contributed by atoms with Crippen molar-refractivity contribution < 1.29 is 4.79 Å². The second-order valence-corrected chi connectivity index (χ2v) is 6.08. The number of carbonyl (C=O) groups is 1. The van der Waals surface area contributed by atoms with Crippen LogP contribution in [0.15, 0.2) is 18.2 Å². The first-order valence-corrected chi connectivity index (χ1v) is 8.03. The van der Waals surface area contributed by atoms with Gasteiger partial charge in [0.15, 0.2) is 0 Å². The number of hydrogen-bond donors (Lipinski definition) is 3. The maximum atomic E-state index is 12.5. The highest BCUT2D eigenvalue weighted by Crippen LogP contribution is 2.28. The molecule has 1 fully saturated rings. The molecule has 21 heavy (non-hydrogen) atoms. The van der Waals surface area contributed by atoms with Crippen LogP contribution in [0.2, 0.25) is 0 Å². The van der Waals surface area contributed by atoms with E-state index < -0.39 is 0 Å². The van der Waals surface area contributed by atoms with Gasteiger partial charge in [-0.3, -0.25) is 10.6 Å². The fraction of sp³-hybridized carbons (Fsp3) is 0.588. The molecule has 0 radical (unpaired) electrons. The molecule has 1 amide bonds. The number of anilines is 1. The van der Waals surface area contributed by atoms with E-state index in [0.29, 0.717) is 17.2 Å². The fourth-order valence-corrected chi connectivity index (χ4v) is 3.31. The first-order chi connectivity index (χ1) is 10.2. The number of rotatable bonds is 5. The standard InChI is InChI=1S/C17H27N3O/c1-3-15(13-7-5-4-6-8-13)19-17(21)14-10-9-12(2)11-16(14)20-18/h9-11,13,15,20H,3-8,18H2,1-2H3,(H,19,21). The third-order valence-electron chi connectivity index (χ3n) is 4.55. The lowest BCUT2D eigenvalue weighted by Gasteiger charge is -2.30. The van der Waals surface area contributed by atoms with Gasteiger partial charge in [-0.05, 0) is 49.8 Å². The molecule has 4 heteroatoms. The van der Waals surface area contributed by atoms with E-state index in [1.165, 1.54) is 32.1 Å². The van der Waals surface area contributed by atoms with E-state index in [2.05, 4.69) is 17.7 Å². The summed E-state index contributed by atoms with van der Waals surface area (Å²) in [6.07, 6.45) is 7.35. The van der Waals surface area contributed by atoms with Crippen LogP contribution in [0, 0.1) is 12.8 Å². The molecule has 0 aliphatic heterocycles. The number of aryl methyl sites for hydroxylation is 1. The number of hydrazine groups is 1. The lowest BCUT2D eigenvalue weighted by atomic mass is 9.83. The molecule has 1 atom stereocenters. The zero-order chi connectivity index (χ0) is 15.2. The molecule has 1 unspecified atom stereocenters. The van der Waals surface area contributed by atoms with Crippen molar-refractivity contribution in [1.82, 2.24) is 5.32 Å². The van der Waals surface area contributed by atoms with E-state index in [9.17, 15) is 4.79 Å². The predicted molar refractivity (Wildman–Crippen MR) is 87.1 cm³/mol. The Morgan fingerprint density at radius 3 is 2.67 bits per heavy atom. The van der Waals surface area contributed by atoms with E-state index in [4.69, 9.17) is 5.84 Å². The monoisotopic (exact) mass is 289 g/mol. The van der Waals surface area contributed by atoms with Crippen LogP contribution >= 0.6 is 0 Å². The van der Waals surface area contributed by atoms with Crippen LogP contribution in [-0.2, 0) is 0 Å². The van der Waals surface area contributed by atoms with Crippen LogP contribution in [0.1, 0.15) is 61.4 Å². The molecule has 0 aromatic heterocycles. The van der Waals surface area contributed by atoms with Crippen LogP contribution in [-0.4, -0.2) is 11.9 Å². The number of amides is 1. The molecule has 0 spiro atoms. The Morgan fingerprint density at radius 1 is 1.33 bits per heavy atom. The Bertz CT molecular complexity index is 481. The molecule has 1 aliphatic rings. The average Bonchev–Trinajstić information content (AvgIpc) is 2.53. The van der Waals surface area contributed by atoms with E-state index in [1.54, 1.807) is 0 Å². The van der Waals surface area contributed by atoms with E-state index >= 15 is 0 Å². The molecule has 2 rings (SSSR count). The van der Waals surface area contributed by atoms with E-state index in [-0.39, 0.29) is 11.9 Å². The fourth-order valence-electron chi connectivity index (χ4n) is 3.31. The molecule has 0 saturated heterocycles. The summed E-state index contributed by atoms with van der Waals surface area (Å²) in [5.74, 6) is 6.12. The molecule has 1 aromatic rings. The van der Waals surface area contributed by atoms with Gasteiger partial charge in [0.25, 0.3) is 5.91 Å². The summed E-state index contributed by atoms with van der Waals surface area (Å²) in [6, 6.07) is 5.95. The minimum absolute atomic E-state index is 0.0274. The van der Waals surface area contributed by atoms with Crippen molar-refractivity contribution in [2.45, 2.75) is 58.4 Å². The summed E-state index contributed by atoms with van der Waals surface area (Å²) in [5.41, 5.74) is 5.02. The minimum Gasteiger partial charge on any atom is -0.349 e. The molecular formula is C17H27N3O. The van der Waals surface area contributed by atoms with Gasteiger partial charge < -0.3 is 10.7 Å². The van der Waals surface area contributed by atoms with Crippen molar-refractivity contribution in [3.63, 3.8) is 0 Å². The maximum absolute atomic E-state index is 12.5. The van der Waals surface area contributed by atoms with Gasteiger partial charge in [0.05, 0.1) is 11.3 Å². The molecule has 0 heterocycles. The summed E-state index contributed by atoms with van der Waals surface area (Å²) >= 11 is 0. The first-order valence-electron chi connectivity index (χ1n) is 8.03. The van der Waals surface area contributed by atoms with Gasteiger partial charge >= 0.3 is 0 Å². The third kappa shape index (κ3) is 3.97.